The van der Waals surface area contributed by atoms with E-state index >= 15 is 0 Å². The molecule has 0 amide bonds. The Hall–Kier alpha value is -0.157. The molecule has 0 atom stereocenters. The molecular formula is C20H34Zn. The van der Waals surface area contributed by atoms with Crippen LogP contribution in [-0.2, 0) is 17.1 Å². The molecule has 0 aromatic heterocycles. The third kappa shape index (κ3) is 12.1. The normalized spacial score (nSPS) is 10.5. The second-order valence-electron chi connectivity index (χ2n) is 6.48. The van der Waals surface area contributed by atoms with Crippen molar-refractivity contribution in [1.82, 2.24) is 0 Å². The van der Waals surface area contributed by atoms with E-state index in [-0.39, 0.29) is 0 Å². The molecule has 0 N–H and O–H groups in total. The second kappa shape index (κ2) is 14.8. The summed E-state index contributed by atoms with van der Waals surface area (Å²) in [5, 5.41) is 1.55. The monoisotopic (exact) mass is 338 g/mol. The van der Waals surface area contributed by atoms with Gasteiger partial charge in [-0.15, -0.1) is 0 Å². The molecule has 1 rings (SSSR count). The fourth-order valence-corrected chi connectivity index (χ4v) is 6.38. The Labute approximate surface area is 140 Å². The molecule has 0 radical (unpaired) electrons. The number of rotatable bonds is 14. The molecular weight excluding hydrogens is 306 g/mol. The Morgan fingerprint density at radius 2 is 1.10 bits per heavy atom. The Morgan fingerprint density at radius 1 is 0.619 bits per heavy atom. The molecule has 0 fully saturated rings. The van der Waals surface area contributed by atoms with Gasteiger partial charge in [-0.05, 0) is 0 Å². The second-order valence-corrected chi connectivity index (χ2v) is 10.7. The van der Waals surface area contributed by atoms with Crippen LogP contribution in [0.1, 0.15) is 84.0 Å². The molecule has 0 spiro atoms. The van der Waals surface area contributed by atoms with Crippen LogP contribution in [0, 0.1) is 0 Å². The summed E-state index contributed by atoms with van der Waals surface area (Å²) in [6.07, 6.45) is 17.6. The van der Waals surface area contributed by atoms with Crippen molar-refractivity contribution < 1.29 is 17.1 Å². The summed E-state index contributed by atoms with van der Waals surface area (Å²) in [5.41, 5.74) is 0. The summed E-state index contributed by atoms with van der Waals surface area (Å²) in [6.45, 7) is 2.29. The van der Waals surface area contributed by atoms with Gasteiger partial charge in [0.1, 0.15) is 0 Å². The topological polar surface area (TPSA) is 0 Å². The fourth-order valence-electron chi connectivity index (χ4n) is 2.99. The number of unbranched alkanes of at least 4 members (excludes halogenated alkanes) is 11. The zero-order valence-electron chi connectivity index (χ0n) is 14.3. The summed E-state index contributed by atoms with van der Waals surface area (Å²) in [5.74, 6) is 0. The first-order chi connectivity index (χ1) is 10.4. The average molecular weight is 340 g/mol. The molecule has 0 aliphatic heterocycles. The van der Waals surface area contributed by atoms with Crippen LogP contribution in [0.5, 0.6) is 0 Å². The molecule has 21 heavy (non-hydrogen) atoms. The van der Waals surface area contributed by atoms with Gasteiger partial charge >= 0.3 is 127 Å². The van der Waals surface area contributed by atoms with Crippen molar-refractivity contribution in [1.29, 1.82) is 0 Å². The molecule has 0 unspecified atom stereocenters. The van der Waals surface area contributed by atoms with Crippen molar-refractivity contribution in [2.45, 2.75) is 89.0 Å². The Bertz CT molecular complexity index is 307. The van der Waals surface area contributed by atoms with Crippen LogP contribution in [0.15, 0.2) is 30.3 Å². The molecule has 0 saturated carbocycles. The summed E-state index contributed by atoms with van der Waals surface area (Å²) in [7, 11) is 0. The van der Waals surface area contributed by atoms with Gasteiger partial charge in [0.25, 0.3) is 0 Å². The van der Waals surface area contributed by atoms with Crippen molar-refractivity contribution in [2.75, 3.05) is 0 Å². The maximum absolute atomic E-state index is 2.33. The van der Waals surface area contributed by atoms with E-state index in [1.807, 2.05) is 0 Å². The molecule has 0 heterocycles. The Morgan fingerprint density at radius 3 is 1.62 bits per heavy atom. The fraction of sp³-hybridized carbons (Fsp3) is 0.700. The molecule has 0 nitrogen and oxygen atoms in total. The van der Waals surface area contributed by atoms with Crippen LogP contribution < -0.4 is 4.16 Å². The van der Waals surface area contributed by atoms with E-state index in [4.69, 9.17) is 0 Å². The van der Waals surface area contributed by atoms with E-state index in [9.17, 15) is 0 Å². The molecule has 1 heteroatoms. The summed E-state index contributed by atoms with van der Waals surface area (Å²) < 4.78 is 1.69. The molecule has 1 aromatic rings. The van der Waals surface area contributed by atoms with Crippen molar-refractivity contribution in [3.8, 4) is 0 Å². The molecule has 0 bridgehead atoms. The van der Waals surface area contributed by atoms with Gasteiger partial charge in [-0.25, -0.2) is 0 Å². The number of benzene rings is 1. The molecule has 116 valence electrons. The summed E-state index contributed by atoms with van der Waals surface area (Å²) in [6, 6.07) is 11.2. The van der Waals surface area contributed by atoms with E-state index in [1.54, 1.807) is 9.17 Å². The van der Waals surface area contributed by atoms with Gasteiger partial charge in [0.2, 0.25) is 0 Å². The maximum atomic E-state index is 2.33. The first-order valence-electron chi connectivity index (χ1n) is 9.47. The van der Waals surface area contributed by atoms with Gasteiger partial charge < -0.3 is 0 Å². The number of hydrogen-bond donors (Lipinski definition) is 0. The molecule has 0 aliphatic carbocycles. The van der Waals surface area contributed by atoms with E-state index in [1.165, 1.54) is 77.0 Å². The van der Waals surface area contributed by atoms with Crippen LogP contribution in [0.3, 0.4) is 0 Å². The standard InChI is InChI=1S/C14H29.C6H5.Zn/c1-3-5-7-9-11-13-14-12-10-8-6-4-2;1-2-4-6-5-3-1;/h1,3-14H2,2H3;1-5H;. The number of hydrogen-bond acceptors (Lipinski definition) is 0. The van der Waals surface area contributed by atoms with Gasteiger partial charge in [0.15, 0.2) is 0 Å². The van der Waals surface area contributed by atoms with Crippen LogP contribution in [0.25, 0.3) is 0 Å². The minimum atomic E-state index is -0.401. The Kier molecular flexibility index (Phi) is 13.3. The van der Waals surface area contributed by atoms with Gasteiger partial charge in [-0.1, -0.05) is 13.3 Å². The molecule has 1 aromatic carbocycles. The zero-order valence-corrected chi connectivity index (χ0v) is 17.3. The van der Waals surface area contributed by atoms with E-state index in [0.717, 1.165) is 0 Å². The average Bonchev–Trinajstić information content (AvgIpc) is 2.53. The SMILES string of the molecule is CCCCCCCCCCCCC[CH2][Zn][c]1ccccc1. The van der Waals surface area contributed by atoms with Crippen molar-refractivity contribution in [2.24, 2.45) is 0 Å². The summed E-state index contributed by atoms with van der Waals surface area (Å²) in [4.78, 5) is 0. The predicted octanol–water partition coefficient (Wildman–Crippen LogP) is 6.51. The third-order valence-corrected chi connectivity index (χ3v) is 8.40. The first kappa shape index (κ1) is 18.9. The van der Waals surface area contributed by atoms with Crippen molar-refractivity contribution in [3.05, 3.63) is 30.3 Å². The van der Waals surface area contributed by atoms with E-state index < -0.39 is 17.1 Å². The minimum absolute atomic E-state index is 0.401. The predicted molar refractivity (Wildman–Crippen MR) is 92.0 cm³/mol. The van der Waals surface area contributed by atoms with Gasteiger partial charge in [0, 0.05) is 0 Å². The van der Waals surface area contributed by atoms with Crippen LogP contribution >= 0.6 is 0 Å². The van der Waals surface area contributed by atoms with Gasteiger partial charge in [-0.2, -0.15) is 0 Å². The van der Waals surface area contributed by atoms with Gasteiger partial charge in [0.05, 0.1) is 0 Å². The van der Waals surface area contributed by atoms with E-state index in [2.05, 4.69) is 37.3 Å². The first-order valence-corrected chi connectivity index (χ1v) is 13.1. The van der Waals surface area contributed by atoms with E-state index in [0.29, 0.717) is 0 Å². The van der Waals surface area contributed by atoms with Crippen LogP contribution in [-0.4, -0.2) is 0 Å². The van der Waals surface area contributed by atoms with Gasteiger partial charge in [-0.3, -0.25) is 0 Å². The summed E-state index contributed by atoms with van der Waals surface area (Å²) >= 11 is -0.401. The zero-order chi connectivity index (χ0) is 15.0. The third-order valence-electron chi connectivity index (χ3n) is 4.41. The van der Waals surface area contributed by atoms with Crippen molar-refractivity contribution in [3.63, 3.8) is 0 Å². The van der Waals surface area contributed by atoms with Crippen LogP contribution in [0.2, 0.25) is 5.02 Å². The molecule has 0 saturated heterocycles. The quantitative estimate of drug-likeness (QED) is 0.267. The van der Waals surface area contributed by atoms with Crippen molar-refractivity contribution >= 4 is 4.16 Å². The Balaban J connectivity index is 1.75. The molecule has 0 aliphatic rings. The van der Waals surface area contributed by atoms with Crippen LogP contribution in [0.4, 0.5) is 0 Å².